The number of amides is 4. The molecule has 4 amide bonds. The van der Waals surface area contributed by atoms with Crippen LogP contribution in [-0.4, -0.2) is 71.7 Å². The van der Waals surface area contributed by atoms with E-state index in [2.05, 4.69) is 16.0 Å². The minimum atomic E-state index is -1.05. The number of nitrogens with zero attached hydrogens (tertiary/aromatic N) is 1. The van der Waals surface area contributed by atoms with Gasteiger partial charge in [0.1, 0.15) is 29.4 Å². The lowest BCUT2D eigenvalue weighted by Crippen LogP contribution is -2.53. The molecule has 2 atom stereocenters. The Morgan fingerprint density at radius 1 is 0.767 bits per heavy atom. The summed E-state index contributed by atoms with van der Waals surface area (Å²) in [7, 11) is 2.70. The highest BCUT2D eigenvalue weighted by atomic mass is 19.1. The molecule has 12 heteroatoms. The van der Waals surface area contributed by atoms with Crippen molar-refractivity contribution in [1.29, 1.82) is 0 Å². The molecule has 0 unspecified atom stereocenters. The number of halogens is 1. The number of benzene rings is 3. The summed E-state index contributed by atoms with van der Waals surface area (Å²) >= 11 is 0. The van der Waals surface area contributed by atoms with Crippen LogP contribution in [0.5, 0.6) is 11.5 Å². The number of aryl methyl sites for hydroxylation is 1. The van der Waals surface area contributed by atoms with Crippen LogP contribution in [0.1, 0.15) is 23.1 Å². The van der Waals surface area contributed by atoms with Gasteiger partial charge in [-0.1, -0.05) is 36.4 Å². The van der Waals surface area contributed by atoms with Crippen molar-refractivity contribution in [2.24, 2.45) is 0 Å². The van der Waals surface area contributed by atoms with Gasteiger partial charge in [-0.05, 0) is 59.5 Å². The lowest BCUT2D eigenvalue weighted by molar-refractivity contribution is -0.171. The Balaban J connectivity index is 1.64. The van der Waals surface area contributed by atoms with Crippen molar-refractivity contribution in [3.63, 3.8) is 0 Å². The molecular formula is C31H35FN4O7. The number of phenolic OH excluding ortho intramolecular Hbond substituents is 2. The van der Waals surface area contributed by atoms with Gasteiger partial charge >= 0.3 is 0 Å². The predicted molar refractivity (Wildman–Crippen MR) is 155 cm³/mol. The highest BCUT2D eigenvalue weighted by Gasteiger charge is 2.26. The first kappa shape index (κ1) is 32.5. The van der Waals surface area contributed by atoms with Crippen LogP contribution in [0, 0.1) is 5.82 Å². The van der Waals surface area contributed by atoms with E-state index in [9.17, 15) is 33.8 Å². The van der Waals surface area contributed by atoms with Gasteiger partial charge in [0.25, 0.3) is 5.91 Å². The van der Waals surface area contributed by atoms with Crippen LogP contribution in [0.25, 0.3) is 0 Å². The van der Waals surface area contributed by atoms with E-state index in [4.69, 9.17) is 4.84 Å². The number of hydroxylamine groups is 2. The first-order valence-corrected chi connectivity index (χ1v) is 13.5. The molecule has 0 spiro atoms. The Kier molecular flexibility index (Phi) is 12.0. The molecule has 0 aliphatic heterocycles. The first-order chi connectivity index (χ1) is 20.5. The summed E-state index contributed by atoms with van der Waals surface area (Å²) < 4.78 is 13.2. The third-order valence-electron chi connectivity index (χ3n) is 6.60. The number of nitrogens with one attached hydrogen (secondary N) is 3. The van der Waals surface area contributed by atoms with E-state index in [0.717, 1.165) is 10.6 Å². The van der Waals surface area contributed by atoms with Crippen LogP contribution in [0.3, 0.4) is 0 Å². The van der Waals surface area contributed by atoms with Crippen LogP contribution < -0.4 is 16.0 Å². The van der Waals surface area contributed by atoms with Crippen molar-refractivity contribution >= 4 is 23.6 Å². The number of rotatable bonds is 14. The largest absolute Gasteiger partial charge is 0.508 e. The number of aromatic hydroxyl groups is 2. The third kappa shape index (κ3) is 10.7. The molecule has 0 aliphatic carbocycles. The molecule has 3 aromatic rings. The summed E-state index contributed by atoms with van der Waals surface area (Å²) in [5.74, 6) is -2.53. The van der Waals surface area contributed by atoms with Gasteiger partial charge in [0.2, 0.25) is 17.7 Å². The number of carbonyl (C=O) groups is 4. The van der Waals surface area contributed by atoms with E-state index in [0.29, 0.717) is 17.5 Å². The molecule has 5 N–H and O–H groups in total. The second-order valence-corrected chi connectivity index (χ2v) is 9.84. The smallest absolute Gasteiger partial charge is 0.268 e. The van der Waals surface area contributed by atoms with Gasteiger partial charge in [0.15, 0.2) is 0 Å². The fourth-order valence-electron chi connectivity index (χ4n) is 4.17. The Bertz CT molecular complexity index is 1380. The molecule has 0 saturated carbocycles. The zero-order chi connectivity index (χ0) is 31.4. The summed E-state index contributed by atoms with van der Waals surface area (Å²) in [6.07, 6.45) is 0.546. The van der Waals surface area contributed by atoms with Crippen LogP contribution >= 0.6 is 0 Å². The van der Waals surface area contributed by atoms with Crippen molar-refractivity contribution in [2.75, 3.05) is 20.7 Å². The Hall–Kier alpha value is -4.97. The Morgan fingerprint density at radius 2 is 1.26 bits per heavy atom. The normalized spacial score (nSPS) is 12.1. The van der Waals surface area contributed by atoms with Crippen molar-refractivity contribution in [3.8, 4) is 11.5 Å². The second-order valence-electron chi connectivity index (χ2n) is 9.84. The van der Waals surface area contributed by atoms with Crippen molar-refractivity contribution < 1.29 is 38.6 Å². The number of phenols is 2. The number of carbonyl (C=O) groups excluding carboxylic acids is 4. The zero-order valence-corrected chi connectivity index (χ0v) is 23.9. The molecule has 0 saturated heterocycles. The minimum absolute atomic E-state index is 0.0412. The van der Waals surface area contributed by atoms with Crippen molar-refractivity contribution in [3.05, 3.63) is 95.3 Å². The van der Waals surface area contributed by atoms with Crippen LogP contribution in [-0.2, 0) is 43.3 Å². The van der Waals surface area contributed by atoms with Gasteiger partial charge in [0.05, 0.1) is 13.7 Å². The van der Waals surface area contributed by atoms with Gasteiger partial charge in [-0.2, -0.15) is 0 Å². The van der Waals surface area contributed by atoms with Gasteiger partial charge in [0, 0.05) is 26.3 Å². The summed E-state index contributed by atoms with van der Waals surface area (Å²) in [6, 6.07) is 16.0. The molecule has 0 radical (unpaired) electrons. The van der Waals surface area contributed by atoms with E-state index in [1.165, 1.54) is 50.6 Å². The topological polar surface area (TPSA) is 157 Å². The standard InChI is InChI=1S/C31H35FN4O7/c1-36(43-2)31(42)27(18-22-7-14-25(38)15-8-22)35-29(40)19-33-30(41)26(17-21-5-12-24(37)13-6-21)34-28(39)16-9-20-3-10-23(32)11-4-20/h3-8,10-15,26-27,37-38H,9,16-19H2,1-2H3,(H,33,41)(H,34,39)(H,35,40)/t26-,27-/m0/s1. The monoisotopic (exact) mass is 594 g/mol. The molecule has 228 valence electrons. The highest BCUT2D eigenvalue weighted by Crippen LogP contribution is 2.14. The quantitative estimate of drug-likeness (QED) is 0.178. The molecule has 0 aliphatic rings. The summed E-state index contributed by atoms with van der Waals surface area (Å²) in [4.78, 5) is 56.5. The van der Waals surface area contributed by atoms with Gasteiger partial charge in [-0.15, -0.1) is 0 Å². The summed E-state index contributed by atoms with van der Waals surface area (Å²) in [6.45, 7) is -0.480. The van der Waals surface area contributed by atoms with E-state index in [-0.39, 0.29) is 36.6 Å². The molecule has 0 fully saturated rings. The van der Waals surface area contributed by atoms with Crippen LogP contribution in [0.4, 0.5) is 4.39 Å². The molecule has 3 aromatic carbocycles. The number of hydrogen-bond donors (Lipinski definition) is 5. The van der Waals surface area contributed by atoms with Crippen LogP contribution in [0.2, 0.25) is 0 Å². The van der Waals surface area contributed by atoms with Gasteiger partial charge < -0.3 is 26.2 Å². The maximum Gasteiger partial charge on any atom is 0.268 e. The molecule has 43 heavy (non-hydrogen) atoms. The molecular weight excluding hydrogens is 559 g/mol. The van der Waals surface area contributed by atoms with Crippen LogP contribution in [0.15, 0.2) is 72.8 Å². The molecule has 3 rings (SSSR count). The zero-order valence-electron chi connectivity index (χ0n) is 23.9. The van der Waals surface area contributed by atoms with E-state index >= 15 is 0 Å². The SMILES string of the molecule is CON(C)C(=O)[C@H](Cc1ccc(O)cc1)NC(=O)CNC(=O)[C@H](Cc1ccc(O)cc1)NC(=O)CCc1ccc(F)cc1. The lowest BCUT2D eigenvalue weighted by Gasteiger charge is -2.23. The number of likely N-dealkylation sites (N-methyl/N-ethyl adjacent to an activating group) is 1. The third-order valence-corrected chi connectivity index (χ3v) is 6.60. The second kappa shape index (κ2) is 15.9. The molecule has 0 heterocycles. The molecule has 11 nitrogen and oxygen atoms in total. The maximum absolute atomic E-state index is 13.2. The van der Waals surface area contributed by atoms with Gasteiger partial charge in [-0.3, -0.25) is 24.0 Å². The minimum Gasteiger partial charge on any atom is -0.508 e. The summed E-state index contributed by atoms with van der Waals surface area (Å²) in [5, 5.41) is 27.9. The van der Waals surface area contributed by atoms with Gasteiger partial charge in [-0.25, -0.2) is 9.45 Å². The predicted octanol–water partition coefficient (Wildman–Crippen LogP) is 1.76. The fourth-order valence-corrected chi connectivity index (χ4v) is 4.17. The summed E-state index contributed by atoms with van der Waals surface area (Å²) in [5.41, 5.74) is 2.08. The van der Waals surface area contributed by atoms with E-state index in [1.807, 2.05) is 0 Å². The Morgan fingerprint density at radius 3 is 1.79 bits per heavy atom. The van der Waals surface area contributed by atoms with Crippen molar-refractivity contribution in [2.45, 2.75) is 37.8 Å². The average Bonchev–Trinajstić information content (AvgIpc) is 3.00. The first-order valence-electron chi connectivity index (χ1n) is 13.5. The van der Waals surface area contributed by atoms with E-state index in [1.54, 1.807) is 36.4 Å². The Labute approximate surface area is 248 Å². The maximum atomic E-state index is 13.2. The highest BCUT2D eigenvalue weighted by molar-refractivity contribution is 5.92. The fraction of sp³-hybridized carbons (Fsp3) is 0.290. The average molecular weight is 595 g/mol. The molecule has 0 aromatic heterocycles. The molecule has 0 bridgehead atoms. The van der Waals surface area contributed by atoms with E-state index < -0.39 is 42.3 Å². The lowest BCUT2D eigenvalue weighted by atomic mass is 10.0. The van der Waals surface area contributed by atoms with Crippen molar-refractivity contribution in [1.82, 2.24) is 21.0 Å². The number of hydrogen-bond acceptors (Lipinski definition) is 7.